The van der Waals surface area contributed by atoms with Crippen molar-refractivity contribution in [2.24, 2.45) is 0 Å². The number of halogens is 2. The van der Waals surface area contributed by atoms with Gasteiger partial charge in [0.25, 0.3) is 5.91 Å². The van der Waals surface area contributed by atoms with Gasteiger partial charge in [0, 0.05) is 10.2 Å². The molecule has 0 bridgehead atoms. The predicted molar refractivity (Wildman–Crippen MR) is 95.4 cm³/mol. The van der Waals surface area contributed by atoms with E-state index in [9.17, 15) is 4.79 Å². The van der Waals surface area contributed by atoms with Crippen LogP contribution in [0, 0.1) is 6.92 Å². The van der Waals surface area contributed by atoms with E-state index in [0.29, 0.717) is 16.4 Å². The van der Waals surface area contributed by atoms with Gasteiger partial charge in [0.05, 0.1) is 16.4 Å². The first-order valence-electron chi connectivity index (χ1n) is 6.93. The Bertz CT molecular complexity index is 862. The minimum Gasteiger partial charge on any atom is -0.319 e. The highest BCUT2D eigenvalue weighted by Crippen LogP contribution is 2.26. The van der Waals surface area contributed by atoms with Gasteiger partial charge in [0.15, 0.2) is 5.69 Å². The Kier molecular flexibility index (Phi) is 4.50. The highest BCUT2D eigenvalue weighted by Gasteiger charge is 2.14. The Balaban J connectivity index is 1.86. The fourth-order valence-electron chi connectivity index (χ4n) is 2.19. The first-order valence-corrected chi connectivity index (χ1v) is 8.10. The van der Waals surface area contributed by atoms with Crippen molar-refractivity contribution >= 4 is 39.1 Å². The van der Waals surface area contributed by atoms with Crippen LogP contribution in [0.1, 0.15) is 16.2 Å². The molecule has 0 aliphatic rings. The summed E-state index contributed by atoms with van der Waals surface area (Å²) in [5.41, 5.74) is 2.67. The third kappa shape index (κ3) is 3.46. The lowest BCUT2D eigenvalue weighted by atomic mass is 10.3. The third-order valence-corrected chi connectivity index (χ3v) is 4.11. The molecule has 1 heterocycles. The molecule has 0 aliphatic heterocycles. The second kappa shape index (κ2) is 6.56. The molecule has 0 aliphatic carbocycles. The monoisotopic (exact) mass is 389 g/mol. The van der Waals surface area contributed by atoms with Crippen molar-refractivity contribution in [2.45, 2.75) is 6.92 Å². The standard InChI is InChI=1S/C17H13BrClN3O/c1-11-9-16(21-22(11)13-5-3-2-4-6-13)17(23)20-15-8-7-12(18)10-14(15)19/h2-10H,1H3,(H,20,23). The number of carbonyl (C=O) groups excluding carboxylic acids is 1. The molecule has 4 nitrogen and oxygen atoms in total. The fraction of sp³-hybridized carbons (Fsp3) is 0.0588. The quantitative estimate of drug-likeness (QED) is 0.695. The molecule has 23 heavy (non-hydrogen) atoms. The van der Waals surface area contributed by atoms with Gasteiger partial charge in [-0.1, -0.05) is 45.7 Å². The molecule has 0 radical (unpaired) electrons. The van der Waals surface area contributed by atoms with Gasteiger partial charge in [-0.3, -0.25) is 4.79 Å². The van der Waals surface area contributed by atoms with Crippen LogP contribution in [-0.2, 0) is 0 Å². The van der Waals surface area contributed by atoms with E-state index in [1.165, 1.54) is 0 Å². The fourth-order valence-corrected chi connectivity index (χ4v) is 2.91. The number of anilines is 1. The molecular weight excluding hydrogens is 378 g/mol. The van der Waals surface area contributed by atoms with E-state index >= 15 is 0 Å². The van der Waals surface area contributed by atoms with E-state index < -0.39 is 0 Å². The lowest BCUT2D eigenvalue weighted by molar-refractivity contribution is 0.102. The average molecular weight is 391 g/mol. The molecule has 0 atom stereocenters. The Hall–Kier alpha value is -2.11. The molecule has 6 heteroatoms. The van der Waals surface area contributed by atoms with Gasteiger partial charge in [0.2, 0.25) is 0 Å². The average Bonchev–Trinajstić information content (AvgIpc) is 2.93. The molecule has 0 fully saturated rings. The Morgan fingerprint density at radius 2 is 1.91 bits per heavy atom. The van der Waals surface area contributed by atoms with Crippen LogP contribution in [0.5, 0.6) is 0 Å². The van der Waals surface area contributed by atoms with Crippen molar-refractivity contribution in [3.63, 3.8) is 0 Å². The van der Waals surface area contributed by atoms with Crippen molar-refractivity contribution in [3.05, 3.63) is 75.5 Å². The molecule has 1 amide bonds. The number of hydrogen-bond donors (Lipinski definition) is 1. The van der Waals surface area contributed by atoms with E-state index in [1.807, 2.05) is 43.3 Å². The summed E-state index contributed by atoms with van der Waals surface area (Å²) in [6, 6.07) is 16.7. The van der Waals surface area contributed by atoms with E-state index in [4.69, 9.17) is 11.6 Å². The largest absolute Gasteiger partial charge is 0.319 e. The van der Waals surface area contributed by atoms with Gasteiger partial charge in [-0.25, -0.2) is 4.68 Å². The van der Waals surface area contributed by atoms with Crippen molar-refractivity contribution in [1.82, 2.24) is 9.78 Å². The first-order chi connectivity index (χ1) is 11.0. The molecule has 1 aromatic heterocycles. The summed E-state index contributed by atoms with van der Waals surface area (Å²) in [5, 5.41) is 7.62. The number of aromatic nitrogens is 2. The van der Waals surface area contributed by atoms with Crippen LogP contribution in [-0.4, -0.2) is 15.7 Å². The van der Waals surface area contributed by atoms with Crippen molar-refractivity contribution < 1.29 is 4.79 Å². The normalized spacial score (nSPS) is 10.6. The minimum absolute atomic E-state index is 0.299. The number of nitrogens with one attached hydrogen (secondary N) is 1. The SMILES string of the molecule is Cc1cc(C(=O)Nc2ccc(Br)cc2Cl)nn1-c1ccccc1. The van der Waals surface area contributed by atoms with Gasteiger partial charge >= 0.3 is 0 Å². The summed E-state index contributed by atoms with van der Waals surface area (Å²) in [5.74, 6) is -0.299. The molecule has 3 aromatic rings. The van der Waals surface area contributed by atoms with Gasteiger partial charge in [-0.2, -0.15) is 5.10 Å². The van der Waals surface area contributed by atoms with Crippen molar-refractivity contribution in [2.75, 3.05) is 5.32 Å². The van der Waals surface area contributed by atoms with Gasteiger partial charge < -0.3 is 5.32 Å². The number of hydrogen-bond acceptors (Lipinski definition) is 2. The first kappa shape index (κ1) is 15.8. The molecule has 1 N–H and O–H groups in total. The number of para-hydroxylation sites is 1. The third-order valence-electron chi connectivity index (χ3n) is 3.30. The Labute approximate surface area is 147 Å². The maximum Gasteiger partial charge on any atom is 0.276 e. The second-order valence-electron chi connectivity index (χ2n) is 5.00. The van der Waals surface area contributed by atoms with Gasteiger partial charge in [0.1, 0.15) is 0 Å². The molecule has 0 unspecified atom stereocenters. The van der Waals surface area contributed by atoms with Crippen molar-refractivity contribution in [1.29, 1.82) is 0 Å². The molecule has 3 rings (SSSR count). The zero-order valence-electron chi connectivity index (χ0n) is 12.3. The summed E-state index contributed by atoms with van der Waals surface area (Å²) in [4.78, 5) is 12.4. The number of benzene rings is 2. The molecule has 2 aromatic carbocycles. The number of amides is 1. The van der Waals surface area contributed by atoms with E-state index in [0.717, 1.165) is 15.9 Å². The van der Waals surface area contributed by atoms with Crippen LogP contribution in [0.15, 0.2) is 59.1 Å². The molecule has 0 spiro atoms. The molecule has 0 saturated heterocycles. The van der Waals surface area contributed by atoms with Gasteiger partial charge in [-0.15, -0.1) is 0 Å². The lowest BCUT2D eigenvalue weighted by Gasteiger charge is -2.06. The molecular formula is C17H13BrClN3O. The number of rotatable bonds is 3. The van der Waals surface area contributed by atoms with E-state index in [1.54, 1.807) is 22.9 Å². The molecule has 116 valence electrons. The Morgan fingerprint density at radius 1 is 1.17 bits per heavy atom. The van der Waals surface area contributed by atoms with E-state index in [2.05, 4.69) is 26.3 Å². The summed E-state index contributed by atoms with van der Waals surface area (Å²) >= 11 is 9.46. The predicted octanol–water partition coefficient (Wildman–Crippen LogP) is 4.85. The topological polar surface area (TPSA) is 46.9 Å². The zero-order valence-corrected chi connectivity index (χ0v) is 14.6. The number of carbonyl (C=O) groups is 1. The summed E-state index contributed by atoms with van der Waals surface area (Å²) in [6.07, 6.45) is 0. The maximum atomic E-state index is 12.4. The summed E-state index contributed by atoms with van der Waals surface area (Å²) in [6.45, 7) is 1.91. The second-order valence-corrected chi connectivity index (χ2v) is 6.32. The maximum absolute atomic E-state index is 12.4. The highest BCUT2D eigenvalue weighted by atomic mass is 79.9. The summed E-state index contributed by atoms with van der Waals surface area (Å²) in [7, 11) is 0. The lowest BCUT2D eigenvalue weighted by Crippen LogP contribution is -2.13. The Morgan fingerprint density at radius 3 is 2.61 bits per heavy atom. The number of aryl methyl sites for hydroxylation is 1. The highest BCUT2D eigenvalue weighted by molar-refractivity contribution is 9.10. The van der Waals surface area contributed by atoms with Crippen LogP contribution in [0.2, 0.25) is 5.02 Å². The van der Waals surface area contributed by atoms with Crippen LogP contribution in [0.25, 0.3) is 5.69 Å². The zero-order chi connectivity index (χ0) is 16.4. The number of nitrogens with zero attached hydrogens (tertiary/aromatic N) is 2. The van der Waals surface area contributed by atoms with E-state index in [-0.39, 0.29) is 5.91 Å². The van der Waals surface area contributed by atoms with Crippen LogP contribution in [0.3, 0.4) is 0 Å². The van der Waals surface area contributed by atoms with Crippen LogP contribution >= 0.6 is 27.5 Å². The van der Waals surface area contributed by atoms with Gasteiger partial charge in [-0.05, 0) is 43.3 Å². The van der Waals surface area contributed by atoms with Crippen LogP contribution in [0.4, 0.5) is 5.69 Å². The van der Waals surface area contributed by atoms with Crippen molar-refractivity contribution in [3.8, 4) is 5.69 Å². The van der Waals surface area contributed by atoms with Crippen LogP contribution < -0.4 is 5.32 Å². The summed E-state index contributed by atoms with van der Waals surface area (Å²) < 4.78 is 2.59. The smallest absolute Gasteiger partial charge is 0.276 e. The minimum atomic E-state index is -0.299. The molecule has 0 saturated carbocycles.